The average molecular weight is 565 g/mol. The SMILES string of the molecule is Cc1cc(C2=NOC(c3ccc(I)cc3)(C(F)(F)F)C2)ccc1C(=O)NCc1ccccn1. The van der Waals surface area contributed by atoms with Crippen molar-refractivity contribution in [2.45, 2.75) is 31.7 Å². The second-order valence-corrected chi connectivity index (χ2v) is 8.92. The third-order valence-electron chi connectivity index (χ3n) is 5.46. The Labute approximate surface area is 202 Å². The van der Waals surface area contributed by atoms with E-state index in [0.717, 1.165) is 9.26 Å². The van der Waals surface area contributed by atoms with Crippen molar-refractivity contribution in [3.63, 3.8) is 0 Å². The fourth-order valence-electron chi connectivity index (χ4n) is 3.64. The lowest BCUT2D eigenvalue weighted by Crippen LogP contribution is -2.42. The van der Waals surface area contributed by atoms with Gasteiger partial charge in [0.05, 0.1) is 18.0 Å². The number of rotatable bonds is 5. The molecule has 3 aromatic rings. The summed E-state index contributed by atoms with van der Waals surface area (Å²) in [6.07, 6.45) is -3.48. The molecule has 0 fully saturated rings. The third kappa shape index (κ3) is 4.73. The van der Waals surface area contributed by atoms with Gasteiger partial charge in [0.1, 0.15) is 0 Å². The molecule has 170 valence electrons. The van der Waals surface area contributed by atoms with Gasteiger partial charge in [-0.2, -0.15) is 13.2 Å². The van der Waals surface area contributed by atoms with Gasteiger partial charge in [-0.15, -0.1) is 0 Å². The van der Waals surface area contributed by atoms with Crippen LogP contribution in [0.4, 0.5) is 13.2 Å². The highest BCUT2D eigenvalue weighted by atomic mass is 127. The van der Waals surface area contributed by atoms with Crippen LogP contribution >= 0.6 is 22.6 Å². The van der Waals surface area contributed by atoms with Crippen molar-refractivity contribution in [2.24, 2.45) is 5.16 Å². The first-order valence-corrected chi connectivity index (χ1v) is 11.1. The maximum absolute atomic E-state index is 14.1. The molecule has 33 heavy (non-hydrogen) atoms. The van der Waals surface area contributed by atoms with Crippen molar-refractivity contribution in [1.29, 1.82) is 0 Å². The largest absolute Gasteiger partial charge is 0.435 e. The number of carbonyl (C=O) groups excluding carboxylic acids is 1. The minimum atomic E-state index is -4.66. The zero-order valence-electron chi connectivity index (χ0n) is 17.5. The maximum Gasteiger partial charge on any atom is 0.435 e. The molecule has 5 nitrogen and oxygen atoms in total. The van der Waals surface area contributed by atoms with E-state index in [0.29, 0.717) is 16.7 Å². The first kappa shape index (κ1) is 23.2. The van der Waals surface area contributed by atoms with E-state index in [-0.39, 0.29) is 23.7 Å². The average Bonchev–Trinajstić information content (AvgIpc) is 3.26. The number of nitrogens with one attached hydrogen (secondary N) is 1. The summed E-state index contributed by atoms with van der Waals surface area (Å²) in [4.78, 5) is 21.8. The summed E-state index contributed by atoms with van der Waals surface area (Å²) in [7, 11) is 0. The van der Waals surface area contributed by atoms with Gasteiger partial charge in [0.15, 0.2) is 0 Å². The first-order valence-electron chi connectivity index (χ1n) is 10.1. The van der Waals surface area contributed by atoms with Gasteiger partial charge in [0.25, 0.3) is 11.5 Å². The number of amides is 1. The van der Waals surface area contributed by atoms with Crippen LogP contribution in [-0.4, -0.2) is 22.8 Å². The van der Waals surface area contributed by atoms with Crippen LogP contribution in [0.25, 0.3) is 0 Å². The molecule has 1 aromatic heterocycles. The molecule has 0 radical (unpaired) electrons. The van der Waals surface area contributed by atoms with Crippen molar-refractivity contribution in [3.05, 3.63) is 98.4 Å². The number of pyridine rings is 1. The second-order valence-electron chi connectivity index (χ2n) is 7.67. The Bertz CT molecular complexity index is 1200. The molecule has 1 amide bonds. The molecule has 1 N–H and O–H groups in total. The van der Waals surface area contributed by atoms with Crippen LogP contribution in [0, 0.1) is 10.5 Å². The molecule has 1 atom stereocenters. The number of benzene rings is 2. The number of aryl methyl sites for hydroxylation is 1. The minimum Gasteiger partial charge on any atom is -0.374 e. The highest BCUT2D eigenvalue weighted by Crippen LogP contribution is 2.48. The summed E-state index contributed by atoms with van der Waals surface area (Å²) in [5.41, 5.74) is -0.131. The van der Waals surface area contributed by atoms with Gasteiger partial charge in [-0.25, -0.2) is 0 Å². The van der Waals surface area contributed by atoms with E-state index < -0.39 is 18.2 Å². The van der Waals surface area contributed by atoms with Gasteiger partial charge >= 0.3 is 6.18 Å². The maximum atomic E-state index is 14.1. The quantitative estimate of drug-likeness (QED) is 0.416. The van der Waals surface area contributed by atoms with Crippen molar-refractivity contribution in [1.82, 2.24) is 10.3 Å². The number of oxime groups is 1. The molecule has 0 saturated carbocycles. The standard InChI is InChI=1S/C24H19F3IN3O2/c1-15-12-16(5-10-20(15)22(32)30-14-19-4-2-3-11-29-19)21-13-23(33-31-21,24(25,26)27)17-6-8-18(28)9-7-17/h2-12H,13-14H2,1H3,(H,30,32). The van der Waals surface area contributed by atoms with E-state index in [2.05, 4.69) is 15.5 Å². The van der Waals surface area contributed by atoms with Crippen molar-refractivity contribution in [2.75, 3.05) is 0 Å². The van der Waals surface area contributed by atoms with Gasteiger partial charge in [-0.3, -0.25) is 9.78 Å². The van der Waals surface area contributed by atoms with Gasteiger partial charge < -0.3 is 10.2 Å². The van der Waals surface area contributed by atoms with Crippen molar-refractivity contribution < 1.29 is 22.8 Å². The third-order valence-corrected chi connectivity index (χ3v) is 6.18. The molecular formula is C24H19F3IN3O2. The number of halogens is 4. The Balaban J connectivity index is 1.53. The molecule has 0 bridgehead atoms. The van der Waals surface area contributed by atoms with Crippen LogP contribution in [0.1, 0.15) is 39.2 Å². The Morgan fingerprint density at radius 2 is 1.91 bits per heavy atom. The van der Waals surface area contributed by atoms with E-state index in [1.807, 2.05) is 28.7 Å². The number of nitrogens with zero attached hydrogens (tertiary/aromatic N) is 2. The number of carbonyl (C=O) groups is 1. The monoisotopic (exact) mass is 565 g/mol. The lowest BCUT2D eigenvalue weighted by Gasteiger charge is -2.29. The number of alkyl halides is 3. The Hall–Kier alpha value is -2.95. The fourth-order valence-corrected chi connectivity index (χ4v) is 4.00. The molecule has 0 saturated heterocycles. The predicted octanol–water partition coefficient (Wildman–Crippen LogP) is 5.51. The Kier molecular flexibility index (Phi) is 6.42. The second kappa shape index (κ2) is 9.12. The molecule has 2 aromatic carbocycles. The van der Waals surface area contributed by atoms with Crippen molar-refractivity contribution >= 4 is 34.2 Å². The zero-order chi connectivity index (χ0) is 23.6. The molecule has 1 unspecified atom stereocenters. The molecule has 9 heteroatoms. The normalized spacial score (nSPS) is 17.9. The molecule has 1 aliphatic heterocycles. The smallest absolute Gasteiger partial charge is 0.374 e. The van der Waals surface area contributed by atoms with Gasteiger partial charge in [-0.1, -0.05) is 29.4 Å². The van der Waals surface area contributed by atoms with Crippen LogP contribution in [0.3, 0.4) is 0 Å². The van der Waals surface area contributed by atoms with E-state index in [9.17, 15) is 18.0 Å². The summed E-state index contributed by atoms with van der Waals surface area (Å²) in [5.74, 6) is -0.294. The summed E-state index contributed by atoms with van der Waals surface area (Å²) in [6.45, 7) is 2.00. The topological polar surface area (TPSA) is 63.6 Å². The first-order chi connectivity index (χ1) is 15.7. The Morgan fingerprint density at radius 3 is 2.55 bits per heavy atom. The summed E-state index contributed by atoms with van der Waals surface area (Å²) < 4.78 is 43.1. The molecule has 0 spiro atoms. The summed E-state index contributed by atoms with van der Waals surface area (Å²) in [5, 5.41) is 6.60. The van der Waals surface area contributed by atoms with Gasteiger partial charge in [0.2, 0.25) is 0 Å². The molecule has 4 rings (SSSR count). The molecule has 0 aliphatic carbocycles. The van der Waals surface area contributed by atoms with Crippen molar-refractivity contribution in [3.8, 4) is 0 Å². The highest BCUT2D eigenvalue weighted by Gasteiger charge is 2.62. The Morgan fingerprint density at radius 1 is 1.15 bits per heavy atom. The number of hydrogen-bond acceptors (Lipinski definition) is 4. The predicted molar refractivity (Wildman–Crippen MR) is 126 cm³/mol. The lowest BCUT2D eigenvalue weighted by molar-refractivity contribution is -0.275. The van der Waals surface area contributed by atoms with Crippen LogP contribution in [-0.2, 0) is 17.0 Å². The van der Waals surface area contributed by atoms with Crippen LogP contribution in [0.15, 0.2) is 72.0 Å². The molecule has 1 aliphatic rings. The van der Waals surface area contributed by atoms with Gasteiger partial charge in [-0.05, 0) is 77.0 Å². The number of aromatic nitrogens is 1. The van der Waals surface area contributed by atoms with E-state index >= 15 is 0 Å². The fraction of sp³-hybridized carbons (Fsp3) is 0.208. The van der Waals surface area contributed by atoms with E-state index in [1.54, 1.807) is 55.6 Å². The molecule has 2 heterocycles. The van der Waals surface area contributed by atoms with Gasteiger partial charge in [0, 0.05) is 27.3 Å². The van der Waals surface area contributed by atoms with E-state index in [4.69, 9.17) is 4.84 Å². The summed E-state index contributed by atoms with van der Waals surface area (Å²) in [6, 6.07) is 16.3. The lowest BCUT2D eigenvalue weighted by atomic mass is 9.86. The van der Waals surface area contributed by atoms with Crippen LogP contribution < -0.4 is 5.32 Å². The zero-order valence-corrected chi connectivity index (χ0v) is 19.6. The van der Waals surface area contributed by atoms with Crippen LogP contribution in [0.5, 0.6) is 0 Å². The summed E-state index contributed by atoms with van der Waals surface area (Å²) >= 11 is 2.03. The minimum absolute atomic E-state index is 0.00333. The van der Waals surface area contributed by atoms with E-state index in [1.165, 1.54) is 12.1 Å². The highest BCUT2D eigenvalue weighted by molar-refractivity contribution is 14.1. The van der Waals surface area contributed by atoms with Crippen LogP contribution in [0.2, 0.25) is 0 Å². The molecular weight excluding hydrogens is 546 g/mol. The number of hydrogen-bond donors (Lipinski definition) is 1.